The van der Waals surface area contributed by atoms with Crippen molar-refractivity contribution in [3.8, 4) is 0 Å². The zero-order valence-corrected chi connectivity index (χ0v) is 9.02. The van der Waals surface area contributed by atoms with E-state index in [2.05, 4.69) is 12.2 Å². The molecule has 2 heteroatoms. The number of nitrogens with one attached hydrogen (secondary N) is 1. The van der Waals surface area contributed by atoms with Gasteiger partial charge in [0.15, 0.2) is 0 Å². The third-order valence-corrected chi connectivity index (χ3v) is 2.93. The molecular formula is C11H21NO. The van der Waals surface area contributed by atoms with Gasteiger partial charge in [-0.2, -0.15) is 0 Å². The van der Waals surface area contributed by atoms with Crippen molar-refractivity contribution in [2.24, 2.45) is 5.41 Å². The zero-order valence-electron chi connectivity index (χ0n) is 9.02. The van der Waals surface area contributed by atoms with Crippen molar-refractivity contribution in [2.45, 2.75) is 58.9 Å². The van der Waals surface area contributed by atoms with E-state index in [1.807, 2.05) is 13.8 Å². The summed E-state index contributed by atoms with van der Waals surface area (Å²) >= 11 is 0. The molecule has 0 aliphatic heterocycles. The van der Waals surface area contributed by atoms with Crippen LogP contribution in [-0.4, -0.2) is 11.9 Å². The quantitative estimate of drug-likeness (QED) is 0.700. The molecule has 0 aromatic rings. The Bertz CT molecular complexity index is 181. The first-order valence-electron chi connectivity index (χ1n) is 5.35. The van der Waals surface area contributed by atoms with Gasteiger partial charge < -0.3 is 5.32 Å². The molecule has 1 amide bonds. The minimum atomic E-state index is -0.0808. The van der Waals surface area contributed by atoms with Crippen molar-refractivity contribution >= 4 is 5.91 Å². The molecule has 0 saturated heterocycles. The van der Waals surface area contributed by atoms with Gasteiger partial charge in [0.05, 0.1) is 0 Å². The molecule has 0 bridgehead atoms. The molecule has 0 radical (unpaired) electrons. The van der Waals surface area contributed by atoms with Crippen LogP contribution in [0.5, 0.6) is 0 Å². The first-order valence-corrected chi connectivity index (χ1v) is 5.35. The van der Waals surface area contributed by atoms with E-state index in [1.165, 1.54) is 19.3 Å². The molecule has 0 atom stereocenters. The summed E-state index contributed by atoms with van der Waals surface area (Å²) in [5.74, 6) is 0.252. The van der Waals surface area contributed by atoms with E-state index in [0.717, 1.165) is 12.8 Å². The first kappa shape index (κ1) is 10.6. The summed E-state index contributed by atoms with van der Waals surface area (Å²) < 4.78 is 0. The molecule has 0 unspecified atom stereocenters. The van der Waals surface area contributed by atoms with Gasteiger partial charge in [0.1, 0.15) is 0 Å². The molecule has 0 heterocycles. The maximum Gasteiger partial charge on any atom is 0.226 e. The van der Waals surface area contributed by atoms with Crippen LogP contribution in [-0.2, 0) is 4.79 Å². The number of carbonyl (C=O) groups is 1. The van der Waals surface area contributed by atoms with Crippen molar-refractivity contribution in [1.29, 1.82) is 0 Å². The van der Waals surface area contributed by atoms with Gasteiger partial charge in [0.25, 0.3) is 0 Å². The first-order chi connectivity index (χ1) is 6.04. The fraction of sp³-hybridized carbons (Fsp3) is 0.909. The molecule has 1 rings (SSSR count). The lowest BCUT2D eigenvalue weighted by Gasteiger charge is -2.32. The van der Waals surface area contributed by atoms with Crippen molar-refractivity contribution in [1.82, 2.24) is 5.32 Å². The smallest absolute Gasteiger partial charge is 0.226 e. The van der Waals surface area contributed by atoms with Crippen molar-refractivity contribution in [3.05, 3.63) is 0 Å². The Morgan fingerprint density at radius 1 is 1.23 bits per heavy atom. The fourth-order valence-corrected chi connectivity index (χ4v) is 2.00. The molecule has 1 fully saturated rings. The Morgan fingerprint density at radius 3 is 2.23 bits per heavy atom. The van der Waals surface area contributed by atoms with Gasteiger partial charge in [-0.1, -0.05) is 26.2 Å². The lowest BCUT2D eigenvalue weighted by Crippen LogP contribution is -2.43. The summed E-state index contributed by atoms with van der Waals surface area (Å²) in [6.07, 6.45) is 5.84. The van der Waals surface area contributed by atoms with E-state index in [9.17, 15) is 4.79 Å². The molecule has 76 valence electrons. The highest BCUT2D eigenvalue weighted by Crippen LogP contribution is 2.35. The van der Waals surface area contributed by atoms with Gasteiger partial charge in [0.2, 0.25) is 5.91 Å². The van der Waals surface area contributed by atoms with Gasteiger partial charge >= 0.3 is 0 Å². The van der Waals surface area contributed by atoms with Gasteiger partial charge in [-0.3, -0.25) is 4.79 Å². The predicted molar refractivity (Wildman–Crippen MR) is 54.5 cm³/mol. The summed E-state index contributed by atoms with van der Waals surface area (Å²) in [5, 5.41) is 3.01. The second kappa shape index (κ2) is 4.12. The second-order valence-corrected chi connectivity index (χ2v) is 4.75. The van der Waals surface area contributed by atoms with Crippen LogP contribution >= 0.6 is 0 Å². The molecule has 0 spiro atoms. The maximum absolute atomic E-state index is 11.8. The predicted octanol–water partition coefficient (Wildman–Crippen LogP) is 2.48. The van der Waals surface area contributed by atoms with E-state index in [1.54, 1.807) is 0 Å². The Balaban J connectivity index is 2.51. The zero-order chi connectivity index (χ0) is 9.90. The average molecular weight is 183 g/mol. The largest absolute Gasteiger partial charge is 0.353 e. The van der Waals surface area contributed by atoms with Crippen LogP contribution in [0.4, 0.5) is 0 Å². The maximum atomic E-state index is 11.8. The lowest BCUT2D eigenvalue weighted by atomic mass is 9.75. The molecular weight excluding hydrogens is 162 g/mol. The van der Waals surface area contributed by atoms with E-state index in [0.29, 0.717) is 0 Å². The van der Waals surface area contributed by atoms with Crippen LogP contribution in [0, 0.1) is 5.41 Å². The van der Waals surface area contributed by atoms with E-state index in [4.69, 9.17) is 0 Å². The second-order valence-electron chi connectivity index (χ2n) is 4.75. The molecule has 1 N–H and O–H groups in total. The third kappa shape index (κ3) is 2.71. The molecule has 1 saturated carbocycles. The van der Waals surface area contributed by atoms with Crippen LogP contribution in [0.25, 0.3) is 0 Å². The fourth-order valence-electron chi connectivity index (χ4n) is 2.00. The standard InChI is InChI=1S/C11H21NO/c1-9(2)12-10(13)11(3)7-5-4-6-8-11/h9H,4-8H2,1-3H3,(H,12,13). The van der Waals surface area contributed by atoms with Crippen molar-refractivity contribution < 1.29 is 4.79 Å². The van der Waals surface area contributed by atoms with Crippen LogP contribution in [0.1, 0.15) is 52.9 Å². The molecule has 13 heavy (non-hydrogen) atoms. The minimum absolute atomic E-state index is 0.0808. The number of rotatable bonds is 2. The summed E-state index contributed by atoms with van der Waals surface area (Å²) in [5.41, 5.74) is -0.0808. The van der Waals surface area contributed by atoms with Crippen LogP contribution in [0.2, 0.25) is 0 Å². The Morgan fingerprint density at radius 2 is 1.77 bits per heavy atom. The van der Waals surface area contributed by atoms with Gasteiger partial charge in [-0.15, -0.1) is 0 Å². The number of hydrogen-bond donors (Lipinski definition) is 1. The van der Waals surface area contributed by atoms with E-state index < -0.39 is 0 Å². The number of carbonyl (C=O) groups excluding carboxylic acids is 1. The number of hydrogen-bond acceptors (Lipinski definition) is 1. The lowest BCUT2D eigenvalue weighted by molar-refractivity contribution is -0.132. The molecule has 2 nitrogen and oxygen atoms in total. The van der Waals surface area contributed by atoms with Gasteiger partial charge in [-0.05, 0) is 26.7 Å². The normalized spacial score (nSPS) is 21.5. The summed E-state index contributed by atoms with van der Waals surface area (Å²) in [7, 11) is 0. The monoisotopic (exact) mass is 183 g/mol. The van der Waals surface area contributed by atoms with Crippen LogP contribution in [0.15, 0.2) is 0 Å². The van der Waals surface area contributed by atoms with E-state index >= 15 is 0 Å². The topological polar surface area (TPSA) is 29.1 Å². The summed E-state index contributed by atoms with van der Waals surface area (Å²) in [6.45, 7) is 6.14. The highest BCUT2D eigenvalue weighted by Gasteiger charge is 2.34. The highest BCUT2D eigenvalue weighted by atomic mass is 16.2. The van der Waals surface area contributed by atoms with Gasteiger partial charge in [0, 0.05) is 11.5 Å². The third-order valence-electron chi connectivity index (χ3n) is 2.93. The minimum Gasteiger partial charge on any atom is -0.353 e. The summed E-state index contributed by atoms with van der Waals surface area (Å²) in [4.78, 5) is 11.8. The summed E-state index contributed by atoms with van der Waals surface area (Å²) in [6, 6.07) is 0.270. The Labute approximate surface area is 81.1 Å². The Kier molecular flexibility index (Phi) is 3.34. The average Bonchev–Trinajstić information content (AvgIpc) is 2.04. The van der Waals surface area contributed by atoms with Crippen molar-refractivity contribution in [2.75, 3.05) is 0 Å². The van der Waals surface area contributed by atoms with Crippen molar-refractivity contribution in [3.63, 3.8) is 0 Å². The van der Waals surface area contributed by atoms with Gasteiger partial charge in [-0.25, -0.2) is 0 Å². The highest BCUT2D eigenvalue weighted by molar-refractivity contribution is 5.82. The molecule has 0 aromatic carbocycles. The Hall–Kier alpha value is -0.530. The molecule has 1 aliphatic carbocycles. The molecule has 1 aliphatic rings. The van der Waals surface area contributed by atoms with Crippen LogP contribution < -0.4 is 5.32 Å². The SMILES string of the molecule is CC(C)NC(=O)C1(C)CCCCC1. The van der Waals surface area contributed by atoms with E-state index in [-0.39, 0.29) is 17.4 Å². The number of amides is 1. The molecule has 0 aromatic heterocycles. The van der Waals surface area contributed by atoms with Crippen LogP contribution in [0.3, 0.4) is 0 Å².